The Balaban J connectivity index is 2.19. The van der Waals surface area contributed by atoms with E-state index in [9.17, 15) is 9.90 Å². The molecule has 1 aromatic heterocycles. The number of nitrogens with zero attached hydrogens (tertiary/aromatic N) is 1. The molecule has 1 amide bonds. The van der Waals surface area contributed by atoms with Crippen LogP contribution >= 0.6 is 33.9 Å². The van der Waals surface area contributed by atoms with Crippen molar-refractivity contribution in [3.05, 3.63) is 37.9 Å². The molecule has 0 aliphatic heterocycles. The highest BCUT2D eigenvalue weighted by Crippen LogP contribution is 2.23. The van der Waals surface area contributed by atoms with Crippen molar-refractivity contribution in [2.24, 2.45) is 0 Å². The lowest BCUT2D eigenvalue weighted by atomic mass is 10.2. The molecule has 0 bridgehead atoms. The molecule has 1 heterocycles. The Morgan fingerprint density at radius 3 is 2.72 bits per heavy atom. The predicted octanol–water partition coefficient (Wildman–Crippen LogP) is 3.32. The molecule has 0 saturated carbocycles. The maximum atomic E-state index is 11.9. The van der Waals surface area contributed by atoms with E-state index in [4.69, 9.17) is 0 Å². The normalized spacial score (nSPS) is 10.4. The molecule has 4 nitrogen and oxygen atoms in total. The monoisotopic (exact) mass is 374 g/mol. The second-order valence-electron chi connectivity index (χ2n) is 3.78. The van der Waals surface area contributed by atoms with E-state index in [-0.39, 0.29) is 11.7 Å². The first kappa shape index (κ1) is 13.3. The Kier molecular flexibility index (Phi) is 3.86. The molecule has 6 heteroatoms. The van der Waals surface area contributed by atoms with Gasteiger partial charge in [0, 0.05) is 10.4 Å². The molecule has 0 unspecified atom stereocenters. The smallest absolute Gasteiger partial charge is 0.257 e. The molecule has 0 fully saturated rings. The van der Waals surface area contributed by atoms with Crippen molar-refractivity contribution in [1.29, 1.82) is 0 Å². The summed E-state index contributed by atoms with van der Waals surface area (Å²) in [5, 5.41) is 12.9. The minimum Gasteiger partial charge on any atom is -0.507 e. The number of carbonyl (C=O) groups excluding carboxylic acids is 1. The highest BCUT2D eigenvalue weighted by atomic mass is 127. The molecular formula is C12H11IN2O2S. The van der Waals surface area contributed by atoms with E-state index >= 15 is 0 Å². The van der Waals surface area contributed by atoms with Gasteiger partial charge in [-0.2, -0.15) is 0 Å². The molecule has 2 rings (SSSR count). The number of thiazole rings is 1. The lowest BCUT2D eigenvalue weighted by molar-refractivity contribution is 0.102. The van der Waals surface area contributed by atoms with Crippen LogP contribution in [0.25, 0.3) is 0 Å². The number of anilines is 1. The van der Waals surface area contributed by atoms with Crippen LogP contribution in [0, 0.1) is 17.4 Å². The first-order valence-electron chi connectivity index (χ1n) is 5.21. The highest BCUT2D eigenvalue weighted by Gasteiger charge is 2.11. The molecule has 0 radical (unpaired) electrons. The Morgan fingerprint density at radius 2 is 2.17 bits per heavy atom. The molecule has 0 saturated heterocycles. The van der Waals surface area contributed by atoms with Crippen molar-refractivity contribution < 1.29 is 9.90 Å². The molecule has 1 aromatic carbocycles. The summed E-state index contributed by atoms with van der Waals surface area (Å²) in [6, 6.07) is 4.82. The van der Waals surface area contributed by atoms with Gasteiger partial charge in [0.25, 0.3) is 5.91 Å². The van der Waals surface area contributed by atoms with Crippen molar-refractivity contribution in [2.75, 3.05) is 5.32 Å². The Labute approximate surface area is 122 Å². The number of aryl methyl sites for hydroxylation is 2. The summed E-state index contributed by atoms with van der Waals surface area (Å²) in [7, 11) is 0. The Hall–Kier alpha value is -1.15. The van der Waals surface area contributed by atoms with Crippen molar-refractivity contribution >= 4 is 45.0 Å². The fourth-order valence-electron chi connectivity index (χ4n) is 1.35. The zero-order valence-corrected chi connectivity index (χ0v) is 12.8. The molecule has 18 heavy (non-hydrogen) atoms. The summed E-state index contributed by atoms with van der Waals surface area (Å²) < 4.78 is 0.713. The van der Waals surface area contributed by atoms with Crippen molar-refractivity contribution in [2.45, 2.75) is 13.8 Å². The molecule has 0 aliphatic carbocycles. The van der Waals surface area contributed by atoms with Crippen LogP contribution in [0.4, 0.5) is 5.13 Å². The first-order chi connectivity index (χ1) is 8.47. The zero-order chi connectivity index (χ0) is 13.3. The first-order valence-corrected chi connectivity index (χ1v) is 7.11. The number of amides is 1. The van der Waals surface area contributed by atoms with Gasteiger partial charge in [0.2, 0.25) is 0 Å². The molecule has 0 atom stereocenters. The van der Waals surface area contributed by atoms with E-state index in [2.05, 4.69) is 10.3 Å². The highest BCUT2D eigenvalue weighted by molar-refractivity contribution is 14.1. The fraction of sp³-hybridized carbons (Fsp3) is 0.167. The van der Waals surface area contributed by atoms with Gasteiger partial charge in [-0.25, -0.2) is 4.98 Å². The molecular weight excluding hydrogens is 363 g/mol. The largest absolute Gasteiger partial charge is 0.507 e. The number of phenolic OH excluding ortho intramolecular Hbond substituents is 1. The van der Waals surface area contributed by atoms with Gasteiger partial charge < -0.3 is 5.11 Å². The average molecular weight is 374 g/mol. The van der Waals surface area contributed by atoms with E-state index in [1.807, 2.05) is 36.4 Å². The SMILES string of the molecule is Cc1nc(NC(=O)c2ccc(I)c(O)c2)sc1C. The van der Waals surface area contributed by atoms with Crippen LogP contribution in [0.5, 0.6) is 5.75 Å². The van der Waals surface area contributed by atoms with Crippen LogP contribution < -0.4 is 5.32 Å². The van der Waals surface area contributed by atoms with Crippen molar-refractivity contribution in [1.82, 2.24) is 4.98 Å². The number of aromatic hydroxyl groups is 1. The lowest BCUT2D eigenvalue weighted by Crippen LogP contribution is -2.11. The molecule has 2 aromatic rings. The number of rotatable bonds is 2. The van der Waals surface area contributed by atoms with Gasteiger partial charge in [-0.05, 0) is 54.6 Å². The maximum Gasteiger partial charge on any atom is 0.257 e. The molecule has 94 valence electrons. The van der Waals surface area contributed by atoms with Crippen LogP contribution in [-0.4, -0.2) is 16.0 Å². The summed E-state index contributed by atoms with van der Waals surface area (Å²) in [5.74, 6) is -0.162. The van der Waals surface area contributed by atoms with Crippen LogP contribution in [0.15, 0.2) is 18.2 Å². The third kappa shape index (κ3) is 2.81. The topological polar surface area (TPSA) is 62.2 Å². The Morgan fingerprint density at radius 1 is 1.44 bits per heavy atom. The van der Waals surface area contributed by atoms with Crippen molar-refractivity contribution in [3.8, 4) is 5.75 Å². The summed E-state index contributed by atoms with van der Waals surface area (Å²) in [6.45, 7) is 3.86. The number of hydrogen-bond acceptors (Lipinski definition) is 4. The summed E-state index contributed by atoms with van der Waals surface area (Å²) in [4.78, 5) is 17.3. The van der Waals surface area contributed by atoms with Crippen LogP contribution in [0.2, 0.25) is 0 Å². The molecule has 0 aliphatic rings. The minimum absolute atomic E-state index is 0.106. The number of nitrogens with one attached hydrogen (secondary N) is 1. The van der Waals surface area contributed by atoms with E-state index < -0.39 is 0 Å². The summed E-state index contributed by atoms with van der Waals surface area (Å²) >= 11 is 3.44. The average Bonchev–Trinajstić information content (AvgIpc) is 2.61. The summed E-state index contributed by atoms with van der Waals surface area (Å²) in [5.41, 5.74) is 1.33. The number of aromatic nitrogens is 1. The number of halogens is 1. The van der Waals surface area contributed by atoms with E-state index in [0.717, 1.165) is 10.6 Å². The number of benzene rings is 1. The summed E-state index contributed by atoms with van der Waals surface area (Å²) in [6.07, 6.45) is 0. The van der Waals surface area contributed by atoms with E-state index in [1.54, 1.807) is 12.1 Å². The van der Waals surface area contributed by atoms with Gasteiger partial charge in [0.1, 0.15) is 5.75 Å². The third-order valence-electron chi connectivity index (χ3n) is 2.46. The van der Waals surface area contributed by atoms with Gasteiger partial charge in [0.15, 0.2) is 5.13 Å². The zero-order valence-electron chi connectivity index (χ0n) is 9.82. The second-order valence-corrected chi connectivity index (χ2v) is 6.15. The second kappa shape index (κ2) is 5.23. The third-order valence-corrected chi connectivity index (χ3v) is 4.36. The standard InChI is InChI=1S/C12H11IN2O2S/c1-6-7(2)18-12(14-6)15-11(17)8-3-4-9(13)10(16)5-8/h3-5,16H,1-2H3,(H,14,15,17). The quantitative estimate of drug-likeness (QED) is 0.793. The van der Waals surface area contributed by atoms with Crippen LogP contribution in [0.3, 0.4) is 0 Å². The molecule has 0 spiro atoms. The van der Waals surface area contributed by atoms with E-state index in [0.29, 0.717) is 14.3 Å². The van der Waals surface area contributed by atoms with Gasteiger partial charge in [-0.3, -0.25) is 10.1 Å². The fourth-order valence-corrected chi connectivity index (χ4v) is 2.49. The van der Waals surface area contributed by atoms with Gasteiger partial charge in [-0.1, -0.05) is 0 Å². The van der Waals surface area contributed by atoms with Gasteiger partial charge in [-0.15, -0.1) is 11.3 Å². The predicted molar refractivity (Wildman–Crippen MR) is 80.4 cm³/mol. The van der Waals surface area contributed by atoms with E-state index in [1.165, 1.54) is 17.4 Å². The Bertz CT molecular complexity index is 591. The number of carbonyl (C=O) groups is 1. The minimum atomic E-state index is -0.268. The molecule has 2 N–H and O–H groups in total. The van der Waals surface area contributed by atoms with Gasteiger partial charge >= 0.3 is 0 Å². The maximum absolute atomic E-state index is 11.9. The van der Waals surface area contributed by atoms with Crippen LogP contribution in [0.1, 0.15) is 20.9 Å². The number of phenols is 1. The van der Waals surface area contributed by atoms with Crippen LogP contribution in [-0.2, 0) is 0 Å². The van der Waals surface area contributed by atoms with Gasteiger partial charge in [0.05, 0.1) is 9.26 Å². The lowest BCUT2D eigenvalue weighted by Gasteiger charge is -2.03. The number of hydrogen-bond donors (Lipinski definition) is 2. The van der Waals surface area contributed by atoms with Crippen molar-refractivity contribution in [3.63, 3.8) is 0 Å².